The van der Waals surface area contributed by atoms with Crippen LogP contribution < -0.4 is 14.8 Å². The molecule has 0 radical (unpaired) electrons. The van der Waals surface area contributed by atoms with E-state index in [0.717, 1.165) is 24.3 Å². The zero-order valence-electron chi connectivity index (χ0n) is 16.2. The van der Waals surface area contributed by atoms with Gasteiger partial charge in [0.2, 0.25) is 0 Å². The number of anilines is 2. The standard InChI is InChI=1S/C19H14F3N5O4S/c1-27-16(7-8-24-27)18(28)25-13-5-6-17(12(9-13)11-23)32(29,30)26-14-3-2-4-15(10-14)31-19(20,21)22/h2-10,26H,1H3,(H,25,28). The monoisotopic (exact) mass is 465 g/mol. The number of ether oxygens (including phenoxy) is 1. The molecule has 3 rings (SSSR count). The first-order chi connectivity index (χ1) is 15.0. The van der Waals surface area contributed by atoms with Crippen molar-refractivity contribution in [3.63, 3.8) is 0 Å². The van der Waals surface area contributed by atoms with Crippen LogP contribution in [-0.4, -0.2) is 30.5 Å². The van der Waals surface area contributed by atoms with Crippen molar-refractivity contribution in [2.24, 2.45) is 7.05 Å². The molecule has 0 bridgehead atoms. The minimum Gasteiger partial charge on any atom is -0.406 e. The number of carbonyl (C=O) groups excluding carboxylic acids is 1. The highest BCUT2D eigenvalue weighted by atomic mass is 32.2. The Labute approximate surface area is 180 Å². The Morgan fingerprint density at radius 1 is 1.16 bits per heavy atom. The Hall–Kier alpha value is -4.05. The highest BCUT2D eigenvalue weighted by Crippen LogP contribution is 2.27. The zero-order valence-corrected chi connectivity index (χ0v) is 17.0. The molecule has 0 atom stereocenters. The summed E-state index contributed by atoms with van der Waals surface area (Å²) in [5.41, 5.74) is -0.0951. The topological polar surface area (TPSA) is 126 Å². The molecule has 0 aliphatic heterocycles. The quantitative estimate of drug-likeness (QED) is 0.576. The first kappa shape index (κ1) is 22.6. The van der Waals surface area contributed by atoms with Gasteiger partial charge in [-0.05, 0) is 36.4 Å². The SMILES string of the molecule is Cn1nccc1C(=O)Nc1ccc(S(=O)(=O)Nc2cccc(OC(F)(F)F)c2)c(C#N)c1. The Balaban J connectivity index is 1.84. The number of nitrogens with one attached hydrogen (secondary N) is 2. The number of sulfonamides is 1. The molecule has 1 aromatic heterocycles. The summed E-state index contributed by atoms with van der Waals surface area (Å²) < 4.78 is 69.8. The number of alkyl halides is 3. The van der Waals surface area contributed by atoms with Crippen LogP contribution in [0.15, 0.2) is 59.6 Å². The molecular formula is C19H14F3N5O4S. The number of aromatic nitrogens is 2. The molecule has 3 aromatic rings. The van der Waals surface area contributed by atoms with Crippen LogP contribution in [0, 0.1) is 11.3 Å². The maximum atomic E-state index is 12.7. The lowest BCUT2D eigenvalue weighted by Gasteiger charge is -2.13. The molecule has 0 saturated heterocycles. The third kappa shape index (κ3) is 5.35. The van der Waals surface area contributed by atoms with Gasteiger partial charge in [-0.1, -0.05) is 6.07 Å². The number of amides is 1. The predicted molar refractivity (Wildman–Crippen MR) is 106 cm³/mol. The van der Waals surface area contributed by atoms with Gasteiger partial charge in [0, 0.05) is 25.0 Å². The van der Waals surface area contributed by atoms with Gasteiger partial charge in [0.15, 0.2) is 0 Å². The summed E-state index contributed by atoms with van der Waals surface area (Å²) in [6.07, 6.45) is -3.52. The zero-order chi connectivity index (χ0) is 23.5. The van der Waals surface area contributed by atoms with Crippen LogP contribution in [0.5, 0.6) is 5.75 Å². The summed E-state index contributed by atoms with van der Waals surface area (Å²) in [6, 6.07) is 11.0. The molecule has 166 valence electrons. The Bertz CT molecular complexity index is 1310. The second-order valence-electron chi connectivity index (χ2n) is 6.30. The van der Waals surface area contributed by atoms with Gasteiger partial charge in [0.05, 0.1) is 11.3 Å². The molecule has 0 spiro atoms. The number of carbonyl (C=O) groups is 1. The molecule has 2 N–H and O–H groups in total. The highest BCUT2D eigenvalue weighted by molar-refractivity contribution is 7.92. The lowest BCUT2D eigenvalue weighted by molar-refractivity contribution is -0.274. The summed E-state index contributed by atoms with van der Waals surface area (Å²) >= 11 is 0. The Kier molecular flexibility index (Phi) is 6.08. The van der Waals surface area contributed by atoms with E-state index in [1.54, 1.807) is 13.1 Å². The lowest BCUT2D eigenvalue weighted by atomic mass is 10.2. The number of nitrogens with zero attached hydrogens (tertiary/aromatic N) is 3. The van der Waals surface area contributed by atoms with Crippen molar-refractivity contribution < 1.29 is 31.1 Å². The summed E-state index contributed by atoms with van der Waals surface area (Å²) in [5, 5.41) is 15.8. The predicted octanol–water partition coefficient (Wildman–Crippen LogP) is 3.24. The summed E-state index contributed by atoms with van der Waals surface area (Å²) in [5.74, 6) is -1.14. The maximum absolute atomic E-state index is 12.7. The number of rotatable bonds is 6. The third-order valence-electron chi connectivity index (χ3n) is 4.02. The first-order valence-corrected chi connectivity index (χ1v) is 10.2. The molecule has 0 saturated carbocycles. The van der Waals surface area contributed by atoms with E-state index in [9.17, 15) is 31.6 Å². The molecule has 0 fully saturated rings. The number of halogens is 3. The third-order valence-corrected chi connectivity index (χ3v) is 5.46. The Morgan fingerprint density at radius 2 is 1.91 bits per heavy atom. The van der Waals surface area contributed by atoms with E-state index in [2.05, 4.69) is 19.9 Å². The van der Waals surface area contributed by atoms with E-state index in [-0.39, 0.29) is 22.6 Å². The van der Waals surface area contributed by atoms with Crippen LogP contribution in [0.4, 0.5) is 24.5 Å². The van der Waals surface area contributed by atoms with Gasteiger partial charge in [0.1, 0.15) is 22.4 Å². The van der Waals surface area contributed by atoms with Gasteiger partial charge >= 0.3 is 6.36 Å². The molecule has 1 heterocycles. The number of aryl methyl sites for hydroxylation is 1. The molecule has 1 amide bonds. The number of hydrogen-bond donors (Lipinski definition) is 2. The van der Waals surface area contributed by atoms with Crippen molar-refractivity contribution in [3.05, 3.63) is 66.0 Å². The largest absolute Gasteiger partial charge is 0.573 e. The molecule has 2 aromatic carbocycles. The Morgan fingerprint density at radius 3 is 2.53 bits per heavy atom. The second-order valence-corrected chi connectivity index (χ2v) is 7.95. The van der Waals surface area contributed by atoms with Crippen molar-refractivity contribution in [3.8, 4) is 11.8 Å². The van der Waals surface area contributed by atoms with Crippen molar-refractivity contribution >= 4 is 27.3 Å². The molecule has 0 aliphatic rings. The minimum atomic E-state index is -4.94. The van der Waals surface area contributed by atoms with Crippen LogP contribution in [0.1, 0.15) is 16.1 Å². The highest BCUT2D eigenvalue weighted by Gasteiger charge is 2.31. The van der Waals surface area contributed by atoms with Crippen LogP contribution in [0.25, 0.3) is 0 Å². The fourth-order valence-corrected chi connectivity index (χ4v) is 3.88. The van der Waals surface area contributed by atoms with Crippen LogP contribution in [0.2, 0.25) is 0 Å². The number of hydrogen-bond acceptors (Lipinski definition) is 6. The lowest BCUT2D eigenvalue weighted by Crippen LogP contribution is -2.18. The van der Waals surface area contributed by atoms with Crippen molar-refractivity contribution in [2.45, 2.75) is 11.3 Å². The summed E-state index contributed by atoms with van der Waals surface area (Å²) in [7, 11) is -2.79. The van der Waals surface area contributed by atoms with Gasteiger partial charge in [0.25, 0.3) is 15.9 Å². The first-order valence-electron chi connectivity index (χ1n) is 8.70. The van der Waals surface area contributed by atoms with E-state index < -0.39 is 32.9 Å². The molecular weight excluding hydrogens is 451 g/mol. The molecule has 0 aliphatic carbocycles. The maximum Gasteiger partial charge on any atom is 0.573 e. The molecule has 9 nitrogen and oxygen atoms in total. The number of nitriles is 1. The molecule has 0 unspecified atom stereocenters. The summed E-state index contributed by atoms with van der Waals surface area (Å²) in [4.78, 5) is 11.8. The van der Waals surface area contributed by atoms with E-state index in [1.165, 1.54) is 35.1 Å². The minimum absolute atomic E-state index is 0.160. The van der Waals surface area contributed by atoms with Gasteiger partial charge in [-0.2, -0.15) is 10.4 Å². The van der Waals surface area contributed by atoms with Crippen molar-refractivity contribution in [1.82, 2.24) is 9.78 Å². The average molecular weight is 465 g/mol. The van der Waals surface area contributed by atoms with Gasteiger partial charge in [-0.3, -0.25) is 14.2 Å². The van der Waals surface area contributed by atoms with Crippen molar-refractivity contribution in [2.75, 3.05) is 10.0 Å². The van der Waals surface area contributed by atoms with Gasteiger partial charge in [-0.25, -0.2) is 8.42 Å². The average Bonchev–Trinajstić information content (AvgIpc) is 3.12. The smallest absolute Gasteiger partial charge is 0.406 e. The molecule has 13 heteroatoms. The number of benzene rings is 2. The normalized spacial score (nSPS) is 11.5. The van der Waals surface area contributed by atoms with E-state index in [1.807, 2.05) is 0 Å². The second kappa shape index (κ2) is 8.60. The fraction of sp³-hybridized carbons (Fsp3) is 0.105. The van der Waals surface area contributed by atoms with Crippen LogP contribution >= 0.6 is 0 Å². The van der Waals surface area contributed by atoms with Gasteiger partial charge < -0.3 is 10.1 Å². The van der Waals surface area contributed by atoms with E-state index in [4.69, 9.17) is 0 Å². The van der Waals surface area contributed by atoms with Gasteiger partial charge in [-0.15, -0.1) is 13.2 Å². The summed E-state index contributed by atoms with van der Waals surface area (Å²) in [6.45, 7) is 0. The van der Waals surface area contributed by atoms with Crippen LogP contribution in [-0.2, 0) is 17.1 Å². The molecule has 32 heavy (non-hydrogen) atoms. The van der Waals surface area contributed by atoms with E-state index in [0.29, 0.717) is 0 Å². The van der Waals surface area contributed by atoms with Crippen LogP contribution in [0.3, 0.4) is 0 Å². The fourth-order valence-electron chi connectivity index (χ4n) is 2.69. The van der Waals surface area contributed by atoms with E-state index >= 15 is 0 Å². The van der Waals surface area contributed by atoms with Crippen molar-refractivity contribution in [1.29, 1.82) is 5.26 Å².